The molecule has 1 saturated carbocycles. The van der Waals surface area contributed by atoms with Crippen molar-refractivity contribution < 1.29 is 0 Å². The van der Waals surface area contributed by atoms with Gasteiger partial charge in [-0.3, -0.25) is 4.90 Å². The van der Waals surface area contributed by atoms with Crippen LogP contribution in [0.1, 0.15) is 45.4 Å². The van der Waals surface area contributed by atoms with E-state index in [0.717, 1.165) is 12.6 Å². The highest BCUT2D eigenvalue weighted by atomic mass is 15.3. The standard InChI is InChI=1S/C14H29N3/c1-3-13-11-17(10-9-16(13)2)14(12-15)7-5-4-6-8-14/h13H,3-12,15H2,1-2H3. The molecule has 100 valence electrons. The van der Waals surface area contributed by atoms with Crippen molar-refractivity contribution in [2.24, 2.45) is 5.73 Å². The van der Waals surface area contributed by atoms with E-state index in [1.807, 2.05) is 0 Å². The summed E-state index contributed by atoms with van der Waals surface area (Å²) in [6.07, 6.45) is 8.06. The molecule has 0 spiro atoms. The minimum absolute atomic E-state index is 0.340. The minimum atomic E-state index is 0.340. The highest BCUT2D eigenvalue weighted by molar-refractivity contribution is 4.97. The van der Waals surface area contributed by atoms with Gasteiger partial charge in [0.2, 0.25) is 0 Å². The van der Waals surface area contributed by atoms with Crippen molar-refractivity contribution in [3.63, 3.8) is 0 Å². The van der Waals surface area contributed by atoms with Crippen LogP contribution in [0.3, 0.4) is 0 Å². The Morgan fingerprint density at radius 3 is 2.47 bits per heavy atom. The predicted octanol–water partition coefficient (Wildman–Crippen LogP) is 1.67. The first kappa shape index (κ1) is 13.3. The smallest absolute Gasteiger partial charge is 0.0332 e. The third kappa shape index (κ3) is 2.67. The molecule has 0 amide bonds. The van der Waals surface area contributed by atoms with Gasteiger partial charge >= 0.3 is 0 Å². The average molecular weight is 239 g/mol. The molecule has 2 N–H and O–H groups in total. The Labute approximate surface area is 106 Å². The lowest BCUT2D eigenvalue weighted by Gasteiger charge is -2.51. The van der Waals surface area contributed by atoms with Crippen LogP contribution in [0.2, 0.25) is 0 Å². The molecular weight excluding hydrogens is 210 g/mol. The molecule has 1 aliphatic heterocycles. The van der Waals surface area contributed by atoms with Crippen molar-refractivity contribution in [3.8, 4) is 0 Å². The molecule has 1 atom stereocenters. The van der Waals surface area contributed by atoms with Crippen LogP contribution in [0.5, 0.6) is 0 Å². The number of nitrogens with zero attached hydrogens (tertiary/aromatic N) is 2. The Bertz CT molecular complexity index is 236. The lowest BCUT2D eigenvalue weighted by molar-refractivity contribution is -0.00731. The monoisotopic (exact) mass is 239 g/mol. The molecule has 2 fully saturated rings. The summed E-state index contributed by atoms with van der Waals surface area (Å²) in [6, 6.07) is 0.731. The molecule has 17 heavy (non-hydrogen) atoms. The SMILES string of the molecule is CCC1CN(C2(CN)CCCCC2)CCN1C. The van der Waals surface area contributed by atoms with Crippen LogP contribution < -0.4 is 5.73 Å². The average Bonchev–Trinajstić information content (AvgIpc) is 2.40. The van der Waals surface area contributed by atoms with Crippen LogP contribution in [0, 0.1) is 0 Å². The molecule has 3 nitrogen and oxygen atoms in total. The van der Waals surface area contributed by atoms with Crippen molar-refractivity contribution in [1.82, 2.24) is 9.80 Å². The fourth-order valence-electron chi connectivity index (χ4n) is 3.68. The van der Waals surface area contributed by atoms with Crippen LogP contribution in [0.25, 0.3) is 0 Å². The van der Waals surface area contributed by atoms with Crippen LogP contribution in [-0.4, -0.2) is 54.6 Å². The summed E-state index contributed by atoms with van der Waals surface area (Å²) < 4.78 is 0. The second-order valence-corrected chi connectivity index (χ2v) is 5.98. The number of likely N-dealkylation sites (N-methyl/N-ethyl adjacent to an activating group) is 1. The third-order valence-electron chi connectivity index (χ3n) is 5.08. The van der Waals surface area contributed by atoms with Crippen molar-refractivity contribution >= 4 is 0 Å². The number of nitrogens with two attached hydrogens (primary N) is 1. The van der Waals surface area contributed by atoms with Gasteiger partial charge in [0.1, 0.15) is 0 Å². The second-order valence-electron chi connectivity index (χ2n) is 5.98. The molecule has 0 aromatic carbocycles. The van der Waals surface area contributed by atoms with Crippen LogP contribution >= 0.6 is 0 Å². The van der Waals surface area contributed by atoms with Gasteiger partial charge in [-0.15, -0.1) is 0 Å². The summed E-state index contributed by atoms with van der Waals surface area (Å²) >= 11 is 0. The van der Waals surface area contributed by atoms with E-state index in [9.17, 15) is 0 Å². The van der Waals surface area contributed by atoms with E-state index in [0.29, 0.717) is 5.54 Å². The molecule has 1 heterocycles. The number of piperazine rings is 1. The van der Waals surface area contributed by atoms with Crippen LogP contribution in [0.4, 0.5) is 0 Å². The summed E-state index contributed by atoms with van der Waals surface area (Å²) in [6.45, 7) is 6.81. The summed E-state index contributed by atoms with van der Waals surface area (Å²) in [5.74, 6) is 0. The molecule has 0 aromatic heterocycles. The molecule has 0 radical (unpaired) electrons. The van der Waals surface area contributed by atoms with E-state index in [1.54, 1.807) is 0 Å². The van der Waals surface area contributed by atoms with Gasteiger partial charge in [-0.1, -0.05) is 26.2 Å². The maximum absolute atomic E-state index is 6.14. The molecule has 0 bridgehead atoms. The van der Waals surface area contributed by atoms with E-state index in [1.165, 1.54) is 58.2 Å². The van der Waals surface area contributed by atoms with E-state index in [-0.39, 0.29) is 0 Å². The molecule has 0 aromatic rings. The summed E-state index contributed by atoms with van der Waals surface area (Å²) in [5, 5.41) is 0. The first-order valence-electron chi connectivity index (χ1n) is 7.37. The molecule has 3 heteroatoms. The van der Waals surface area contributed by atoms with Crippen molar-refractivity contribution in [3.05, 3.63) is 0 Å². The largest absolute Gasteiger partial charge is 0.329 e. The van der Waals surface area contributed by atoms with Crippen LogP contribution in [-0.2, 0) is 0 Å². The number of rotatable bonds is 3. The maximum atomic E-state index is 6.14. The van der Waals surface area contributed by atoms with Gasteiger partial charge in [-0.2, -0.15) is 0 Å². The number of hydrogen-bond donors (Lipinski definition) is 1. The Morgan fingerprint density at radius 1 is 1.18 bits per heavy atom. The van der Waals surface area contributed by atoms with Crippen molar-refractivity contribution in [1.29, 1.82) is 0 Å². The summed E-state index contributed by atoms with van der Waals surface area (Å²) in [4.78, 5) is 5.24. The Hall–Kier alpha value is -0.120. The molecule has 1 unspecified atom stereocenters. The molecule has 2 rings (SSSR count). The van der Waals surface area contributed by atoms with Gasteiger partial charge < -0.3 is 10.6 Å². The van der Waals surface area contributed by atoms with Crippen LogP contribution in [0.15, 0.2) is 0 Å². The molecule has 1 saturated heterocycles. The normalized spacial score (nSPS) is 31.6. The van der Waals surface area contributed by atoms with Gasteiger partial charge in [-0.25, -0.2) is 0 Å². The van der Waals surface area contributed by atoms with Gasteiger partial charge in [0.15, 0.2) is 0 Å². The zero-order valence-corrected chi connectivity index (χ0v) is 11.6. The molecule has 2 aliphatic rings. The predicted molar refractivity (Wildman–Crippen MR) is 73.2 cm³/mol. The minimum Gasteiger partial charge on any atom is -0.329 e. The zero-order chi connectivity index (χ0) is 12.3. The quantitative estimate of drug-likeness (QED) is 0.813. The van der Waals surface area contributed by atoms with E-state index in [4.69, 9.17) is 5.73 Å². The first-order valence-corrected chi connectivity index (χ1v) is 7.37. The Kier molecular flexibility index (Phi) is 4.45. The summed E-state index contributed by atoms with van der Waals surface area (Å²) in [5.41, 5.74) is 6.48. The van der Waals surface area contributed by atoms with Crippen molar-refractivity contribution in [2.75, 3.05) is 33.2 Å². The van der Waals surface area contributed by atoms with Gasteiger partial charge in [0.05, 0.1) is 0 Å². The van der Waals surface area contributed by atoms with Gasteiger partial charge in [-0.05, 0) is 26.3 Å². The molecular formula is C14H29N3. The zero-order valence-electron chi connectivity index (χ0n) is 11.6. The third-order valence-corrected chi connectivity index (χ3v) is 5.08. The number of hydrogen-bond acceptors (Lipinski definition) is 3. The van der Waals surface area contributed by atoms with Crippen molar-refractivity contribution in [2.45, 2.75) is 57.0 Å². The Morgan fingerprint density at radius 2 is 1.88 bits per heavy atom. The highest BCUT2D eigenvalue weighted by Gasteiger charge is 2.39. The highest BCUT2D eigenvalue weighted by Crippen LogP contribution is 2.34. The topological polar surface area (TPSA) is 32.5 Å². The van der Waals surface area contributed by atoms with Gasteiger partial charge in [0, 0.05) is 37.8 Å². The maximum Gasteiger partial charge on any atom is 0.0332 e. The first-order chi connectivity index (χ1) is 8.22. The van der Waals surface area contributed by atoms with Gasteiger partial charge in [0.25, 0.3) is 0 Å². The van der Waals surface area contributed by atoms with E-state index >= 15 is 0 Å². The fourth-order valence-corrected chi connectivity index (χ4v) is 3.68. The lowest BCUT2D eigenvalue weighted by atomic mass is 9.79. The molecule has 1 aliphatic carbocycles. The Balaban J connectivity index is 2.04. The second kappa shape index (κ2) is 5.68. The van der Waals surface area contributed by atoms with E-state index in [2.05, 4.69) is 23.8 Å². The summed E-state index contributed by atoms with van der Waals surface area (Å²) in [7, 11) is 2.27. The fraction of sp³-hybridized carbons (Fsp3) is 1.00. The lowest BCUT2D eigenvalue weighted by Crippen LogP contribution is -2.62. The van der Waals surface area contributed by atoms with E-state index < -0.39 is 0 Å².